The molecule has 1 aromatic rings. The minimum atomic E-state index is -0.404. The number of hydrogen-bond donors (Lipinski definition) is 1. The van der Waals surface area contributed by atoms with Crippen LogP contribution in [0.3, 0.4) is 0 Å². The van der Waals surface area contributed by atoms with E-state index in [1.54, 1.807) is 6.07 Å². The van der Waals surface area contributed by atoms with Crippen molar-refractivity contribution in [3.8, 4) is 0 Å². The summed E-state index contributed by atoms with van der Waals surface area (Å²) in [5, 5.41) is 11.3. The monoisotopic (exact) mass is 240 g/mol. The molecular weight excluding hydrogens is 228 g/mol. The van der Waals surface area contributed by atoms with Gasteiger partial charge in [0, 0.05) is 22.7 Å². The van der Waals surface area contributed by atoms with Crippen LogP contribution in [0.2, 0.25) is 5.02 Å². The van der Waals surface area contributed by atoms with E-state index in [4.69, 9.17) is 17.3 Å². The molecule has 0 spiro atoms. The maximum absolute atomic E-state index is 10.8. The van der Waals surface area contributed by atoms with E-state index in [0.29, 0.717) is 16.5 Å². The first-order valence-electron chi connectivity index (χ1n) is 5.27. The fraction of sp³-hybridized carbons (Fsp3) is 0.455. The van der Waals surface area contributed by atoms with Gasteiger partial charge in [-0.3, -0.25) is 10.1 Å². The Hall–Kier alpha value is -1.13. The molecule has 1 aromatic carbocycles. The molecule has 0 aromatic heterocycles. The Morgan fingerprint density at radius 2 is 2.25 bits per heavy atom. The average Bonchev–Trinajstić information content (AvgIpc) is 3.01. The van der Waals surface area contributed by atoms with Crippen LogP contribution in [0.5, 0.6) is 0 Å². The molecule has 1 saturated carbocycles. The van der Waals surface area contributed by atoms with Crippen LogP contribution in [0.4, 0.5) is 5.69 Å². The predicted molar refractivity (Wildman–Crippen MR) is 62.4 cm³/mol. The van der Waals surface area contributed by atoms with Crippen molar-refractivity contribution in [2.75, 3.05) is 0 Å². The molecule has 0 unspecified atom stereocenters. The smallest absolute Gasteiger partial charge is 0.274 e. The minimum absolute atomic E-state index is 0.0672. The van der Waals surface area contributed by atoms with Crippen molar-refractivity contribution in [1.29, 1.82) is 0 Å². The van der Waals surface area contributed by atoms with Crippen molar-refractivity contribution >= 4 is 17.3 Å². The second kappa shape index (κ2) is 4.39. The largest absolute Gasteiger partial charge is 0.324 e. The lowest BCUT2D eigenvalue weighted by Gasteiger charge is -2.11. The molecule has 5 heteroatoms. The fourth-order valence-electron chi connectivity index (χ4n) is 1.83. The van der Waals surface area contributed by atoms with Gasteiger partial charge in [0.25, 0.3) is 5.69 Å². The van der Waals surface area contributed by atoms with Gasteiger partial charge in [0.15, 0.2) is 0 Å². The Bertz CT molecular complexity index is 418. The third kappa shape index (κ3) is 2.51. The minimum Gasteiger partial charge on any atom is -0.324 e. The molecule has 0 amide bonds. The zero-order valence-corrected chi connectivity index (χ0v) is 9.48. The van der Waals surface area contributed by atoms with Crippen molar-refractivity contribution < 1.29 is 4.92 Å². The first-order chi connectivity index (χ1) is 7.58. The number of nitrogens with two attached hydrogens (primary N) is 1. The highest BCUT2D eigenvalue weighted by molar-refractivity contribution is 6.30. The SMILES string of the molecule is N[C@@H](CC1CC1)c1cc(Cl)ccc1[N+](=O)[O-]. The molecule has 86 valence electrons. The summed E-state index contributed by atoms with van der Waals surface area (Å²) >= 11 is 5.84. The molecule has 0 radical (unpaired) electrons. The molecule has 1 atom stereocenters. The van der Waals surface area contributed by atoms with Gasteiger partial charge < -0.3 is 5.73 Å². The summed E-state index contributed by atoms with van der Waals surface area (Å²) in [7, 11) is 0. The van der Waals surface area contributed by atoms with Gasteiger partial charge in [0.05, 0.1) is 4.92 Å². The Morgan fingerprint density at radius 1 is 1.56 bits per heavy atom. The topological polar surface area (TPSA) is 69.2 Å². The van der Waals surface area contributed by atoms with Crippen molar-refractivity contribution in [2.24, 2.45) is 11.7 Å². The van der Waals surface area contributed by atoms with Crippen molar-refractivity contribution in [3.05, 3.63) is 38.9 Å². The summed E-state index contributed by atoms with van der Waals surface area (Å²) in [6.07, 6.45) is 3.17. The van der Waals surface area contributed by atoms with Crippen LogP contribution in [-0.2, 0) is 0 Å². The van der Waals surface area contributed by atoms with E-state index in [-0.39, 0.29) is 11.7 Å². The Kier molecular flexibility index (Phi) is 3.12. The molecule has 0 aliphatic heterocycles. The summed E-state index contributed by atoms with van der Waals surface area (Å²) < 4.78 is 0. The van der Waals surface area contributed by atoms with Gasteiger partial charge in [-0.25, -0.2) is 0 Å². The molecule has 2 rings (SSSR count). The highest BCUT2D eigenvalue weighted by atomic mass is 35.5. The van der Waals surface area contributed by atoms with Crippen LogP contribution in [-0.4, -0.2) is 4.92 Å². The van der Waals surface area contributed by atoms with Gasteiger partial charge >= 0.3 is 0 Å². The Labute approximate surface area is 98.5 Å². The molecule has 1 aliphatic carbocycles. The maximum atomic E-state index is 10.8. The van der Waals surface area contributed by atoms with E-state index in [1.165, 1.54) is 25.0 Å². The lowest BCUT2D eigenvalue weighted by molar-refractivity contribution is -0.385. The van der Waals surface area contributed by atoms with Crippen LogP contribution < -0.4 is 5.73 Å². The van der Waals surface area contributed by atoms with Gasteiger partial charge in [-0.05, 0) is 24.5 Å². The van der Waals surface area contributed by atoms with Gasteiger partial charge in [-0.2, -0.15) is 0 Å². The number of halogens is 1. The average molecular weight is 241 g/mol. The highest BCUT2D eigenvalue weighted by Crippen LogP contribution is 2.39. The third-order valence-electron chi connectivity index (χ3n) is 2.87. The lowest BCUT2D eigenvalue weighted by Crippen LogP contribution is -2.13. The molecule has 1 aliphatic rings. The summed E-state index contributed by atoms with van der Waals surface area (Å²) in [6, 6.07) is 4.26. The van der Waals surface area contributed by atoms with Crippen LogP contribution in [0, 0.1) is 16.0 Å². The predicted octanol–water partition coefficient (Wildman–Crippen LogP) is 3.05. The molecular formula is C11H13ClN2O2. The number of nitro groups is 1. The molecule has 1 fully saturated rings. The zero-order chi connectivity index (χ0) is 11.7. The number of nitro benzene ring substituents is 1. The quantitative estimate of drug-likeness (QED) is 0.650. The molecule has 2 N–H and O–H groups in total. The van der Waals surface area contributed by atoms with Crippen LogP contribution >= 0.6 is 11.6 Å². The number of benzene rings is 1. The van der Waals surface area contributed by atoms with Gasteiger partial charge in [-0.1, -0.05) is 24.4 Å². The van der Waals surface area contributed by atoms with Crippen LogP contribution in [0.15, 0.2) is 18.2 Å². The molecule has 16 heavy (non-hydrogen) atoms. The van der Waals surface area contributed by atoms with E-state index in [0.717, 1.165) is 6.42 Å². The number of rotatable bonds is 4. The van der Waals surface area contributed by atoms with Gasteiger partial charge in [0.1, 0.15) is 0 Å². The fourth-order valence-corrected chi connectivity index (χ4v) is 2.01. The van der Waals surface area contributed by atoms with Crippen LogP contribution in [0.1, 0.15) is 30.9 Å². The normalized spacial score (nSPS) is 17.1. The van der Waals surface area contributed by atoms with Crippen molar-refractivity contribution in [1.82, 2.24) is 0 Å². The lowest BCUT2D eigenvalue weighted by atomic mass is 10.0. The molecule has 0 heterocycles. The maximum Gasteiger partial charge on any atom is 0.274 e. The summed E-state index contributed by atoms with van der Waals surface area (Å²) in [5.41, 5.74) is 6.59. The summed E-state index contributed by atoms with van der Waals surface area (Å²) in [6.45, 7) is 0. The van der Waals surface area contributed by atoms with Crippen molar-refractivity contribution in [2.45, 2.75) is 25.3 Å². The van der Waals surface area contributed by atoms with E-state index in [9.17, 15) is 10.1 Å². The number of hydrogen-bond acceptors (Lipinski definition) is 3. The van der Waals surface area contributed by atoms with Crippen LogP contribution in [0.25, 0.3) is 0 Å². The highest BCUT2D eigenvalue weighted by Gasteiger charge is 2.27. The molecule has 0 bridgehead atoms. The molecule has 0 saturated heterocycles. The second-order valence-electron chi connectivity index (χ2n) is 4.25. The van der Waals surface area contributed by atoms with E-state index >= 15 is 0 Å². The number of nitrogens with zero attached hydrogens (tertiary/aromatic N) is 1. The van der Waals surface area contributed by atoms with E-state index < -0.39 is 4.92 Å². The standard InChI is InChI=1S/C11H13ClN2O2/c12-8-3-4-11(14(15)16)9(6-8)10(13)5-7-1-2-7/h3-4,6-7,10H,1-2,5,13H2/t10-/m0/s1. The molecule has 4 nitrogen and oxygen atoms in total. The second-order valence-corrected chi connectivity index (χ2v) is 4.68. The van der Waals surface area contributed by atoms with Crippen molar-refractivity contribution in [3.63, 3.8) is 0 Å². The Balaban J connectivity index is 2.27. The first kappa shape index (κ1) is 11.4. The van der Waals surface area contributed by atoms with Gasteiger partial charge in [-0.15, -0.1) is 0 Å². The summed E-state index contributed by atoms with van der Waals surface area (Å²) in [5.74, 6) is 0.633. The van der Waals surface area contributed by atoms with E-state index in [2.05, 4.69) is 0 Å². The zero-order valence-electron chi connectivity index (χ0n) is 8.73. The van der Waals surface area contributed by atoms with E-state index in [1.807, 2.05) is 0 Å². The van der Waals surface area contributed by atoms with Gasteiger partial charge in [0.2, 0.25) is 0 Å². The third-order valence-corrected chi connectivity index (χ3v) is 3.11. The summed E-state index contributed by atoms with van der Waals surface area (Å²) in [4.78, 5) is 10.4. The first-order valence-corrected chi connectivity index (χ1v) is 5.65. The Morgan fingerprint density at radius 3 is 2.81 bits per heavy atom.